The van der Waals surface area contributed by atoms with Crippen molar-refractivity contribution < 1.29 is 24.1 Å². The topological polar surface area (TPSA) is 65.0 Å². The zero-order chi connectivity index (χ0) is 15.2. The van der Waals surface area contributed by atoms with Crippen molar-refractivity contribution in [3.05, 3.63) is 17.7 Å². The zero-order valence-electron chi connectivity index (χ0n) is 12.6. The lowest BCUT2D eigenvalue weighted by molar-refractivity contribution is 0.0690. The van der Waals surface area contributed by atoms with E-state index in [9.17, 15) is 9.90 Å². The van der Waals surface area contributed by atoms with E-state index in [4.69, 9.17) is 14.2 Å². The molecule has 0 aliphatic carbocycles. The van der Waals surface area contributed by atoms with Crippen LogP contribution < -0.4 is 14.2 Å². The lowest BCUT2D eigenvalue weighted by Crippen LogP contribution is -2.13. The van der Waals surface area contributed by atoms with Crippen molar-refractivity contribution in [3.8, 4) is 17.2 Å². The summed E-state index contributed by atoms with van der Waals surface area (Å²) in [6, 6.07) is 3.07. The Balaban J connectivity index is 2.09. The maximum atomic E-state index is 11.3. The van der Waals surface area contributed by atoms with Gasteiger partial charge in [0.15, 0.2) is 11.5 Å². The van der Waals surface area contributed by atoms with E-state index in [1.54, 1.807) is 6.07 Å². The second-order valence-corrected chi connectivity index (χ2v) is 5.23. The second kappa shape index (κ2) is 7.20. The predicted octanol–water partition coefficient (Wildman–Crippen LogP) is 3.71. The van der Waals surface area contributed by atoms with Crippen molar-refractivity contribution in [2.75, 3.05) is 13.4 Å². The summed E-state index contributed by atoms with van der Waals surface area (Å²) >= 11 is 0. The van der Waals surface area contributed by atoms with Crippen LogP contribution in [0.2, 0.25) is 0 Å². The van der Waals surface area contributed by atoms with Gasteiger partial charge in [-0.05, 0) is 12.3 Å². The van der Waals surface area contributed by atoms with Crippen molar-refractivity contribution in [2.24, 2.45) is 5.92 Å². The van der Waals surface area contributed by atoms with E-state index >= 15 is 0 Å². The molecule has 5 heteroatoms. The standard InChI is InChI=1S/C16H22O5/c1-3-5-6-11(4-2)9-19-13-8-15-14(20-10-21-15)7-12(13)16(17)18/h7-8,11H,3-6,9-10H2,1-2H3,(H,17,18). The molecular weight excluding hydrogens is 272 g/mol. The van der Waals surface area contributed by atoms with Gasteiger partial charge in [-0.2, -0.15) is 0 Å². The van der Waals surface area contributed by atoms with Crippen LogP contribution in [0.4, 0.5) is 0 Å². The Hall–Kier alpha value is -1.91. The van der Waals surface area contributed by atoms with E-state index in [1.165, 1.54) is 6.07 Å². The van der Waals surface area contributed by atoms with Gasteiger partial charge in [-0.3, -0.25) is 0 Å². The molecule has 0 radical (unpaired) electrons. The summed E-state index contributed by atoms with van der Waals surface area (Å²) in [5.74, 6) is 0.762. The van der Waals surface area contributed by atoms with E-state index in [2.05, 4.69) is 13.8 Å². The number of fused-ring (bicyclic) bond motifs is 1. The number of benzene rings is 1. The molecule has 1 N–H and O–H groups in total. The fourth-order valence-electron chi connectivity index (χ4n) is 2.32. The molecule has 0 aromatic heterocycles. The fraction of sp³-hybridized carbons (Fsp3) is 0.562. The predicted molar refractivity (Wildman–Crippen MR) is 78.3 cm³/mol. The Kier molecular flexibility index (Phi) is 5.31. The molecule has 2 rings (SSSR count). The van der Waals surface area contributed by atoms with Gasteiger partial charge in [0.05, 0.1) is 6.61 Å². The molecule has 0 saturated heterocycles. The molecule has 0 bridgehead atoms. The highest BCUT2D eigenvalue weighted by atomic mass is 16.7. The van der Waals surface area contributed by atoms with E-state index in [0.717, 1.165) is 25.7 Å². The van der Waals surface area contributed by atoms with Gasteiger partial charge in [-0.25, -0.2) is 4.79 Å². The van der Waals surface area contributed by atoms with Gasteiger partial charge in [0, 0.05) is 12.1 Å². The Labute approximate surface area is 124 Å². The average molecular weight is 294 g/mol. The number of ether oxygens (including phenoxy) is 3. The van der Waals surface area contributed by atoms with Crippen LogP contribution in [0.25, 0.3) is 0 Å². The van der Waals surface area contributed by atoms with Crippen molar-refractivity contribution in [1.29, 1.82) is 0 Å². The van der Waals surface area contributed by atoms with E-state index in [-0.39, 0.29) is 12.4 Å². The second-order valence-electron chi connectivity index (χ2n) is 5.23. The Bertz CT molecular complexity index is 498. The lowest BCUT2D eigenvalue weighted by Gasteiger charge is -2.17. The molecule has 1 atom stereocenters. The first-order valence-electron chi connectivity index (χ1n) is 7.45. The molecular formula is C16H22O5. The zero-order valence-corrected chi connectivity index (χ0v) is 12.6. The number of rotatable bonds is 8. The SMILES string of the molecule is CCCCC(CC)COc1cc2c(cc1C(=O)O)OCO2. The van der Waals surface area contributed by atoms with E-state index in [1.807, 2.05) is 0 Å². The molecule has 5 nitrogen and oxygen atoms in total. The highest BCUT2D eigenvalue weighted by molar-refractivity contribution is 5.92. The number of hydrogen-bond acceptors (Lipinski definition) is 4. The number of carboxylic acid groups (broad SMARTS) is 1. The van der Waals surface area contributed by atoms with Gasteiger partial charge in [-0.15, -0.1) is 0 Å². The summed E-state index contributed by atoms with van der Waals surface area (Å²) in [5.41, 5.74) is 0.115. The van der Waals surface area contributed by atoms with E-state index in [0.29, 0.717) is 29.8 Å². The highest BCUT2D eigenvalue weighted by Crippen LogP contribution is 2.38. The first-order chi connectivity index (χ1) is 10.2. The smallest absolute Gasteiger partial charge is 0.339 e. The molecule has 1 heterocycles. The molecule has 0 amide bonds. The van der Waals surface area contributed by atoms with Gasteiger partial charge in [0.2, 0.25) is 6.79 Å². The van der Waals surface area contributed by atoms with Crippen LogP contribution in [0.3, 0.4) is 0 Å². The van der Waals surface area contributed by atoms with Crippen LogP contribution in [-0.4, -0.2) is 24.5 Å². The van der Waals surface area contributed by atoms with Gasteiger partial charge < -0.3 is 19.3 Å². The van der Waals surface area contributed by atoms with E-state index < -0.39 is 5.97 Å². The van der Waals surface area contributed by atoms with Crippen molar-refractivity contribution in [2.45, 2.75) is 39.5 Å². The maximum absolute atomic E-state index is 11.3. The van der Waals surface area contributed by atoms with Gasteiger partial charge >= 0.3 is 5.97 Å². The molecule has 1 aromatic rings. The van der Waals surface area contributed by atoms with Crippen LogP contribution in [0.5, 0.6) is 17.2 Å². The van der Waals surface area contributed by atoms with Gasteiger partial charge in [-0.1, -0.05) is 33.1 Å². The van der Waals surface area contributed by atoms with Crippen molar-refractivity contribution in [1.82, 2.24) is 0 Å². The summed E-state index contributed by atoms with van der Waals surface area (Å²) in [4.78, 5) is 11.3. The third-order valence-electron chi connectivity index (χ3n) is 3.72. The maximum Gasteiger partial charge on any atom is 0.339 e. The van der Waals surface area contributed by atoms with Gasteiger partial charge in [0.25, 0.3) is 0 Å². The number of carbonyl (C=O) groups is 1. The Morgan fingerprint density at radius 1 is 1.33 bits per heavy atom. The molecule has 0 fully saturated rings. The highest BCUT2D eigenvalue weighted by Gasteiger charge is 2.22. The Morgan fingerprint density at radius 2 is 2.05 bits per heavy atom. The van der Waals surface area contributed by atoms with Crippen LogP contribution in [0, 0.1) is 5.92 Å². The summed E-state index contributed by atoms with van der Waals surface area (Å²) in [7, 11) is 0. The monoisotopic (exact) mass is 294 g/mol. The number of hydrogen-bond donors (Lipinski definition) is 1. The average Bonchev–Trinajstić information content (AvgIpc) is 2.93. The summed E-state index contributed by atoms with van der Waals surface area (Å²) in [6.45, 7) is 4.93. The third kappa shape index (κ3) is 3.80. The molecule has 1 aliphatic heterocycles. The quantitative estimate of drug-likeness (QED) is 0.791. The van der Waals surface area contributed by atoms with Crippen LogP contribution in [-0.2, 0) is 0 Å². The number of unbranched alkanes of at least 4 members (excludes halogenated alkanes) is 1. The summed E-state index contributed by atoms with van der Waals surface area (Å²) in [5, 5.41) is 9.28. The molecule has 0 spiro atoms. The molecule has 116 valence electrons. The Morgan fingerprint density at radius 3 is 2.67 bits per heavy atom. The molecule has 1 aromatic carbocycles. The van der Waals surface area contributed by atoms with Crippen molar-refractivity contribution >= 4 is 5.97 Å². The number of aromatic carboxylic acids is 1. The minimum atomic E-state index is -1.02. The van der Waals surface area contributed by atoms with Crippen LogP contribution >= 0.6 is 0 Å². The summed E-state index contributed by atoms with van der Waals surface area (Å²) < 4.78 is 16.2. The minimum Gasteiger partial charge on any atom is -0.492 e. The largest absolute Gasteiger partial charge is 0.492 e. The summed E-state index contributed by atoms with van der Waals surface area (Å²) in [6.07, 6.45) is 4.43. The molecule has 21 heavy (non-hydrogen) atoms. The van der Waals surface area contributed by atoms with Crippen molar-refractivity contribution in [3.63, 3.8) is 0 Å². The van der Waals surface area contributed by atoms with Crippen LogP contribution in [0.15, 0.2) is 12.1 Å². The van der Waals surface area contributed by atoms with Gasteiger partial charge in [0.1, 0.15) is 11.3 Å². The number of carboxylic acids is 1. The lowest BCUT2D eigenvalue weighted by atomic mass is 10.0. The molecule has 0 saturated carbocycles. The fourth-order valence-corrected chi connectivity index (χ4v) is 2.32. The molecule has 1 unspecified atom stereocenters. The first-order valence-corrected chi connectivity index (χ1v) is 7.45. The third-order valence-corrected chi connectivity index (χ3v) is 3.72. The normalized spacial score (nSPS) is 14.0. The minimum absolute atomic E-state index is 0.115. The van der Waals surface area contributed by atoms with Crippen LogP contribution in [0.1, 0.15) is 49.9 Å². The first kappa shape index (κ1) is 15.5. The molecule has 1 aliphatic rings.